The summed E-state index contributed by atoms with van der Waals surface area (Å²) < 4.78 is 12.1. The van der Waals surface area contributed by atoms with Crippen molar-refractivity contribution in [3.05, 3.63) is 0 Å². The van der Waals surface area contributed by atoms with Gasteiger partial charge in [-0.25, -0.2) is 0 Å². The molecule has 0 heterocycles. The van der Waals surface area contributed by atoms with Gasteiger partial charge in [0, 0.05) is 41.4 Å². The van der Waals surface area contributed by atoms with Crippen LogP contribution in [0.2, 0.25) is 0 Å². The van der Waals surface area contributed by atoms with Crippen molar-refractivity contribution in [3.63, 3.8) is 0 Å². The summed E-state index contributed by atoms with van der Waals surface area (Å²) in [6.45, 7) is 5.42. The molecular weight excluding hydrogens is 318 g/mol. The van der Waals surface area contributed by atoms with Crippen molar-refractivity contribution in [2.75, 3.05) is 19.3 Å². The van der Waals surface area contributed by atoms with Gasteiger partial charge in [0.15, 0.2) is 5.96 Å². The van der Waals surface area contributed by atoms with E-state index in [9.17, 15) is 4.21 Å². The number of hydrogen-bond donors (Lipinski definition) is 2. The summed E-state index contributed by atoms with van der Waals surface area (Å²) in [6, 6.07) is 0.417. The molecule has 2 N–H and O–H groups in total. The minimum Gasteiger partial charge on any atom is -0.356 e. The molecule has 0 amide bonds. The van der Waals surface area contributed by atoms with E-state index >= 15 is 0 Å². The van der Waals surface area contributed by atoms with Crippen LogP contribution >= 0.6 is 0 Å². The molecule has 0 aromatic carbocycles. The van der Waals surface area contributed by atoms with E-state index in [0.717, 1.165) is 49.4 Å². The molecule has 2 saturated carbocycles. The Morgan fingerprint density at radius 2 is 1.96 bits per heavy atom. The second-order valence-corrected chi connectivity index (χ2v) is 9.73. The number of aliphatic imine (C=N–C) groups is 1. The number of nitrogens with zero attached hydrogens (tertiary/aromatic N) is 1. The van der Waals surface area contributed by atoms with Crippen LogP contribution in [-0.4, -0.2) is 40.8 Å². The van der Waals surface area contributed by atoms with E-state index in [1.807, 2.05) is 14.0 Å². The molecule has 0 bridgehead atoms. The summed E-state index contributed by atoms with van der Waals surface area (Å²) >= 11 is 0. The van der Waals surface area contributed by atoms with Crippen LogP contribution in [0.3, 0.4) is 0 Å². The van der Waals surface area contributed by atoms with Crippen molar-refractivity contribution in [1.29, 1.82) is 0 Å². The van der Waals surface area contributed by atoms with Crippen LogP contribution in [0, 0.1) is 11.8 Å². The first kappa shape index (κ1) is 19.7. The minimum absolute atomic E-state index is 0.364. The van der Waals surface area contributed by atoms with Crippen molar-refractivity contribution in [2.45, 2.75) is 82.9 Å². The summed E-state index contributed by atoms with van der Waals surface area (Å²) in [6.07, 6.45) is 11.3. The van der Waals surface area contributed by atoms with Gasteiger partial charge in [-0.15, -0.1) is 0 Å². The van der Waals surface area contributed by atoms with Crippen LogP contribution < -0.4 is 10.6 Å². The van der Waals surface area contributed by atoms with E-state index in [-0.39, 0.29) is 0 Å². The third-order valence-electron chi connectivity index (χ3n) is 5.74. The normalized spacial score (nSPS) is 33.0. The van der Waals surface area contributed by atoms with Crippen LogP contribution in [0.4, 0.5) is 0 Å². The van der Waals surface area contributed by atoms with Crippen molar-refractivity contribution < 1.29 is 4.21 Å². The fraction of sp³-hybridized carbons (Fsp3) is 0.947. The number of rotatable bonds is 6. The molecular formula is C19H37N3OS. The maximum Gasteiger partial charge on any atom is 0.191 e. The fourth-order valence-corrected chi connectivity index (χ4v) is 5.70. The van der Waals surface area contributed by atoms with Gasteiger partial charge in [-0.1, -0.05) is 39.5 Å². The van der Waals surface area contributed by atoms with Gasteiger partial charge in [-0.05, 0) is 43.9 Å². The SMILES string of the molecule is CCS(=O)C1CCCC(NC(=NC)NCCC2CCCC(C)C2)C1. The summed E-state index contributed by atoms with van der Waals surface area (Å²) in [4.78, 5) is 4.39. The Hall–Kier alpha value is -0.580. The topological polar surface area (TPSA) is 53.5 Å². The lowest BCUT2D eigenvalue weighted by Crippen LogP contribution is -2.47. The lowest BCUT2D eigenvalue weighted by atomic mass is 9.81. The predicted molar refractivity (Wildman–Crippen MR) is 105 cm³/mol. The van der Waals surface area contributed by atoms with E-state index < -0.39 is 10.8 Å². The van der Waals surface area contributed by atoms with Gasteiger partial charge in [0.2, 0.25) is 0 Å². The van der Waals surface area contributed by atoms with Crippen LogP contribution in [0.5, 0.6) is 0 Å². The molecule has 2 aliphatic rings. The third-order valence-corrected chi connectivity index (χ3v) is 7.48. The van der Waals surface area contributed by atoms with Gasteiger partial charge >= 0.3 is 0 Å². The van der Waals surface area contributed by atoms with Crippen molar-refractivity contribution in [2.24, 2.45) is 16.8 Å². The summed E-state index contributed by atoms with van der Waals surface area (Å²) in [7, 11) is 1.19. The summed E-state index contributed by atoms with van der Waals surface area (Å²) in [5, 5.41) is 7.43. The highest BCUT2D eigenvalue weighted by molar-refractivity contribution is 7.85. The third kappa shape index (κ3) is 6.38. The smallest absolute Gasteiger partial charge is 0.191 e. The van der Waals surface area contributed by atoms with E-state index in [1.54, 1.807) is 0 Å². The number of hydrogen-bond acceptors (Lipinski definition) is 2. The van der Waals surface area contributed by atoms with Crippen molar-refractivity contribution >= 4 is 16.8 Å². The van der Waals surface area contributed by atoms with Gasteiger partial charge in [0.25, 0.3) is 0 Å². The maximum absolute atomic E-state index is 12.1. The Morgan fingerprint density at radius 3 is 2.67 bits per heavy atom. The number of guanidine groups is 1. The lowest BCUT2D eigenvalue weighted by Gasteiger charge is -2.30. The molecule has 5 heteroatoms. The van der Waals surface area contributed by atoms with E-state index in [0.29, 0.717) is 11.3 Å². The average molecular weight is 356 g/mol. The fourth-order valence-electron chi connectivity index (χ4n) is 4.36. The largest absolute Gasteiger partial charge is 0.356 e. The molecule has 0 radical (unpaired) electrons. The first-order valence-electron chi connectivity index (χ1n) is 9.96. The zero-order valence-electron chi connectivity index (χ0n) is 15.9. The second-order valence-electron chi connectivity index (χ2n) is 7.72. The number of nitrogens with one attached hydrogen (secondary N) is 2. The Kier molecular flexibility index (Phi) is 8.57. The highest BCUT2D eigenvalue weighted by atomic mass is 32.2. The molecule has 4 nitrogen and oxygen atoms in total. The Bertz CT molecular complexity index is 427. The Balaban J connectivity index is 1.70. The second kappa shape index (κ2) is 10.4. The van der Waals surface area contributed by atoms with Gasteiger partial charge in [-0.3, -0.25) is 9.20 Å². The highest BCUT2D eigenvalue weighted by Crippen LogP contribution is 2.30. The minimum atomic E-state index is -0.663. The first-order valence-corrected chi connectivity index (χ1v) is 11.3. The molecule has 0 aromatic heterocycles. The maximum atomic E-state index is 12.1. The molecule has 5 atom stereocenters. The first-order chi connectivity index (χ1) is 11.6. The van der Waals surface area contributed by atoms with E-state index in [1.165, 1.54) is 38.5 Å². The van der Waals surface area contributed by atoms with E-state index in [4.69, 9.17) is 0 Å². The molecule has 24 heavy (non-hydrogen) atoms. The van der Waals surface area contributed by atoms with Crippen LogP contribution in [0.25, 0.3) is 0 Å². The summed E-state index contributed by atoms with van der Waals surface area (Å²) in [5.41, 5.74) is 0. The van der Waals surface area contributed by atoms with Gasteiger partial charge in [0.05, 0.1) is 0 Å². The monoisotopic (exact) mass is 355 g/mol. The van der Waals surface area contributed by atoms with Gasteiger partial charge in [-0.2, -0.15) is 0 Å². The molecule has 0 spiro atoms. The zero-order chi connectivity index (χ0) is 17.4. The molecule has 2 fully saturated rings. The van der Waals surface area contributed by atoms with Crippen molar-refractivity contribution in [3.8, 4) is 0 Å². The molecule has 2 rings (SSSR count). The Morgan fingerprint density at radius 1 is 1.17 bits per heavy atom. The standard InChI is InChI=1S/C19H37N3OS/c1-4-24(23)18-10-6-9-17(14-18)22-19(20-3)21-12-11-16-8-5-7-15(2)13-16/h15-18H,4-14H2,1-3H3,(H2,20,21,22). The van der Waals surface area contributed by atoms with Crippen LogP contribution in [0.15, 0.2) is 4.99 Å². The average Bonchev–Trinajstić information content (AvgIpc) is 2.60. The van der Waals surface area contributed by atoms with Crippen LogP contribution in [-0.2, 0) is 10.8 Å². The predicted octanol–water partition coefficient (Wildman–Crippen LogP) is 3.45. The summed E-state index contributed by atoms with van der Waals surface area (Å²) in [5.74, 6) is 3.49. The molecule has 140 valence electrons. The molecule has 2 aliphatic carbocycles. The molecule has 5 unspecified atom stereocenters. The molecule has 0 aromatic rings. The van der Waals surface area contributed by atoms with Crippen LogP contribution in [0.1, 0.15) is 71.6 Å². The quantitative estimate of drug-likeness (QED) is 0.567. The molecule has 0 saturated heterocycles. The van der Waals surface area contributed by atoms with Gasteiger partial charge in [0.1, 0.15) is 0 Å². The van der Waals surface area contributed by atoms with E-state index in [2.05, 4.69) is 22.5 Å². The highest BCUT2D eigenvalue weighted by Gasteiger charge is 2.26. The zero-order valence-corrected chi connectivity index (χ0v) is 16.7. The Labute approximate surface area is 151 Å². The van der Waals surface area contributed by atoms with Gasteiger partial charge < -0.3 is 10.6 Å². The van der Waals surface area contributed by atoms with Crippen molar-refractivity contribution in [1.82, 2.24) is 10.6 Å². The molecule has 0 aliphatic heterocycles. The lowest BCUT2D eigenvalue weighted by molar-refractivity contribution is 0.270.